The van der Waals surface area contributed by atoms with Crippen LogP contribution in [0.25, 0.3) is 16.6 Å². The zero-order chi connectivity index (χ0) is 24.0. The molecule has 1 N–H and O–H groups in total. The minimum Gasteiger partial charge on any atom is -0.492 e. The average molecular weight is 483 g/mol. The van der Waals surface area contributed by atoms with E-state index in [1.807, 2.05) is 27.5 Å². The molecule has 2 fully saturated rings. The number of aromatic nitrogens is 3. The Balaban J connectivity index is 1.30. The Bertz CT molecular complexity index is 1630. The van der Waals surface area contributed by atoms with Crippen molar-refractivity contribution in [1.82, 2.24) is 19.3 Å². The Kier molecular flexibility index (Phi) is 4.10. The zero-order valence-electron chi connectivity index (χ0n) is 19.8. The Morgan fingerprint density at radius 3 is 2.83 bits per heavy atom. The number of hydrogen-bond acceptors (Lipinski definition) is 5. The first-order valence-electron chi connectivity index (χ1n) is 12.8. The van der Waals surface area contributed by atoms with Crippen LogP contribution in [0.3, 0.4) is 0 Å². The quantitative estimate of drug-likeness (QED) is 0.447. The van der Waals surface area contributed by atoms with E-state index in [0.717, 1.165) is 48.3 Å². The van der Waals surface area contributed by atoms with Crippen molar-refractivity contribution in [3.8, 4) is 5.75 Å². The monoisotopic (exact) mass is 482 g/mol. The Hall–Kier alpha value is -3.65. The summed E-state index contributed by atoms with van der Waals surface area (Å²) in [6.07, 6.45) is 5.16. The number of rotatable bonds is 1. The molecule has 2 unspecified atom stereocenters. The summed E-state index contributed by atoms with van der Waals surface area (Å²) in [7, 11) is 0. The molecule has 6 heterocycles. The maximum atomic E-state index is 13.5. The normalized spacial score (nSPS) is 25.4. The number of piperidine rings is 1. The van der Waals surface area contributed by atoms with Gasteiger partial charge in [0.05, 0.1) is 29.9 Å². The van der Waals surface area contributed by atoms with E-state index in [2.05, 4.69) is 23.2 Å². The fourth-order valence-corrected chi connectivity index (χ4v) is 7.01. The molecule has 1 spiro atoms. The van der Waals surface area contributed by atoms with Crippen molar-refractivity contribution >= 4 is 22.5 Å². The number of carbonyl (C=O) groups is 1. The number of nitrogens with one attached hydrogen (secondary N) is 1. The van der Waals surface area contributed by atoms with E-state index in [4.69, 9.17) is 14.5 Å². The molecule has 8 nitrogen and oxygen atoms in total. The van der Waals surface area contributed by atoms with Crippen LogP contribution < -0.4 is 10.3 Å². The van der Waals surface area contributed by atoms with Gasteiger partial charge in [0.1, 0.15) is 17.1 Å². The number of imidazole rings is 1. The predicted molar refractivity (Wildman–Crippen MR) is 133 cm³/mol. The molecule has 8 rings (SSSR count). The maximum Gasteiger partial charge on any atom is 0.274 e. The van der Waals surface area contributed by atoms with Crippen LogP contribution in [0.5, 0.6) is 5.75 Å². The van der Waals surface area contributed by atoms with E-state index >= 15 is 0 Å². The van der Waals surface area contributed by atoms with Crippen molar-refractivity contribution < 1.29 is 14.3 Å². The zero-order valence-corrected chi connectivity index (χ0v) is 19.8. The van der Waals surface area contributed by atoms with Crippen molar-refractivity contribution in [2.45, 2.75) is 43.1 Å². The van der Waals surface area contributed by atoms with Gasteiger partial charge in [-0.05, 0) is 49.4 Å². The second-order valence-electron chi connectivity index (χ2n) is 10.7. The molecule has 8 heteroatoms. The van der Waals surface area contributed by atoms with Gasteiger partial charge in [-0.25, -0.2) is 4.98 Å². The lowest BCUT2D eigenvalue weighted by Crippen LogP contribution is -2.44. The summed E-state index contributed by atoms with van der Waals surface area (Å²) in [5.74, 6) is 2.16. The standard InChI is InChI=1S/C28H26N4O4/c33-26-23-14-29-25(16-5-9-35-10-6-16)32(23)21-12-17-18(11-20(21)30-26)27(34)31-8-7-28(13-22(17)31)15-36-24-4-2-1-3-19(24)28/h1-4,11-12,14,16,22H,5-10,13,15H2,(H,30,33). The lowest BCUT2D eigenvalue weighted by atomic mass is 9.71. The Morgan fingerprint density at radius 1 is 1.08 bits per heavy atom. The highest BCUT2D eigenvalue weighted by Crippen LogP contribution is 2.53. The van der Waals surface area contributed by atoms with Gasteiger partial charge in [-0.2, -0.15) is 0 Å². The summed E-state index contributed by atoms with van der Waals surface area (Å²) in [5, 5.41) is 0. The van der Waals surface area contributed by atoms with Crippen LogP contribution in [-0.4, -0.2) is 51.5 Å². The number of carbonyl (C=O) groups excluding carboxylic acids is 1. The molecule has 4 aliphatic heterocycles. The highest BCUT2D eigenvalue weighted by molar-refractivity contribution is 6.02. The molecule has 0 saturated carbocycles. The molecule has 2 atom stereocenters. The van der Waals surface area contributed by atoms with Gasteiger partial charge in [0.2, 0.25) is 0 Å². The number of nitrogens with zero attached hydrogens (tertiary/aromatic N) is 3. The lowest BCUT2D eigenvalue weighted by Gasteiger charge is -2.41. The van der Waals surface area contributed by atoms with Crippen LogP contribution >= 0.6 is 0 Å². The Morgan fingerprint density at radius 2 is 1.94 bits per heavy atom. The minimum atomic E-state index is -0.185. The van der Waals surface area contributed by atoms with Gasteiger partial charge in [-0.1, -0.05) is 18.2 Å². The fraction of sp³-hybridized carbons (Fsp3) is 0.393. The van der Waals surface area contributed by atoms with E-state index in [-0.39, 0.29) is 28.8 Å². The third kappa shape index (κ3) is 2.65. The molecule has 0 aliphatic carbocycles. The largest absolute Gasteiger partial charge is 0.492 e. The lowest BCUT2D eigenvalue weighted by molar-refractivity contribution is 0.0541. The summed E-state index contributed by atoms with van der Waals surface area (Å²) in [5.41, 5.74) is 4.84. The molecule has 2 aromatic carbocycles. The first-order chi connectivity index (χ1) is 17.6. The first kappa shape index (κ1) is 20.5. The van der Waals surface area contributed by atoms with Gasteiger partial charge in [-0.3, -0.25) is 14.0 Å². The van der Waals surface area contributed by atoms with Crippen LogP contribution in [-0.2, 0) is 10.2 Å². The topological polar surface area (TPSA) is 88.9 Å². The number of hydrogen-bond donors (Lipinski definition) is 1. The fourth-order valence-electron chi connectivity index (χ4n) is 7.01. The second-order valence-corrected chi connectivity index (χ2v) is 10.7. The molecular weight excluding hydrogens is 456 g/mol. The van der Waals surface area contributed by atoms with E-state index in [1.54, 1.807) is 6.20 Å². The van der Waals surface area contributed by atoms with Gasteiger partial charge in [-0.15, -0.1) is 0 Å². The number of ether oxygens (including phenoxy) is 2. The van der Waals surface area contributed by atoms with Crippen molar-refractivity contribution in [2.75, 3.05) is 26.4 Å². The van der Waals surface area contributed by atoms with Crippen molar-refractivity contribution in [3.05, 3.63) is 75.5 Å². The average Bonchev–Trinajstić information content (AvgIpc) is 3.58. The number of para-hydroxylation sites is 1. The summed E-state index contributed by atoms with van der Waals surface area (Å²) in [4.78, 5) is 36.2. The predicted octanol–water partition coefficient (Wildman–Crippen LogP) is 3.69. The molecule has 182 valence electrons. The highest BCUT2D eigenvalue weighted by Gasteiger charge is 2.51. The first-order valence-corrected chi connectivity index (χ1v) is 12.8. The SMILES string of the molecule is O=C1c2cc3[nH]c(=O)c4cnc(C5CCOCC5)n4c3cc2C2CC3(CCN12)COc1ccccc13. The smallest absolute Gasteiger partial charge is 0.274 e. The van der Waals surface area contributed by atoms with E-state index < -0.39 is 0 Å². The van der Waals surface area contributed by atoms with Crippen LogP contribution in [0.2, 0.25) is 0 Å². The third-order valence-corrected chi connectivity index (χ3v) is 8.87. The van der Waals surface area contributed by atoms with Crippen molar-refractivity contribution in [1.29, 1.82) is 0 Å². The number of aromatic amines is 1. The molecule has 36 heavy (non-hydrogen) atoms. The summed E-state index contributed by atoms with van der Waals surface area (Å²) >= 11 is 0. The summed E-state index contributed by atoms with van der Waals surface area (Å²) in [6.45, 7) is 2.75. The number of benzene rings is 2. The van der Waals surface area contributed by atoms with E-state index in [1.165, 1.54) is 5.56 Å². The van der Waals surface area contributed by atoms with Crippen LogP contribution in [0.4, 0.5) is 0 Å². The van der Waals surface area contributed by atoms with E-state index in [0.29, 0.717) is 43.0 Å². The molecule has 4 aliphatic rings. The molecule has 2 saturated heterocycles. The molecular formula is C28H26N4O4. The maximum absolute atomic E-state index is 13.5. The summed E-state index contributed by atoms with van der Waals surface area (Å²) < 4.78 is 13.7. The van der Waals surface area contributed by atoms with Gasteiger partial charge in [0.25, 0.3) is 11.5 Å². The number of fused-ring (bicyclic) bond motifs is 8. The molecule has 0 radical (unpaired) electrons. The van der Waals surface area contributed by atoms with Gasteiger partial charge in [0, 0.05) is 42.2 Å². The number of H-pyrrole nitrogens is 1. The minimum absolute atomic E-state index is 0.0163. The highest BCUT2D eigenvalue weighted by atomic mass is 16.5. The number of amides is 1. The Labute approximate surface area is 206 Å². The van der Waals surface area contributed by atoms with Crippen LogP contribution in [0.15, 0.2) is 47.4 Å². The second kappa shape index (κ2) is 7.20. The summed E-state index contributed by atoms with van der Waals surface area (Å²) in [6, 6.07) is 12.3. The van der Waals surface area contributed by atoms with Crippen molar-refractivity contribution in [2.24, 2.45) is 0 Å². The molecule has 1 amide bonds. The molecule has 2 aromatic heterocycles. The van der Waals surface area contributed by atoms with Crippen molar-refractivity contribution in [3.63, 3.8) is 0 Å². The van der Waals surface area contributed by atoms with Crippen LogP contribution in [0, 0.1) is 0 Å². The van der Waals surface area contributed by atoms with Crippen LogP contribution in [0.1, 0.15) is 65.0 Å². The van der Waals surface area contributed by atoms with Gasteiger partial charge >= 0.3 is 0 Å². The van der Waals surface area contributed by atoms with Gasteiger partial charge < -0.3 is 19.4 Å². The van der Waals surface area contributed by atoms with Gasteiger partial charge in [0.15, 0.2) is 0 Å². The molecule has 0 bridgehead atoms. The third-order valence-electron chi connectivity index (χ3n) is 8.87. The molecule has 4 aromatic rings. The van der Waals surface area contributed by atoms with E-state index in [9.17, 15) is 9.59 Å².